The zero-order chi connectivity index (χ0) is 24.4. The van der Waals surface area contributed by atoms with Crippen molar-refractivity contribution in [2.45, 2.75) is 26.6 Å². The Morgan fingerprint density at radius 3 is 2.18 bits per heavy atom. The number of halogens is 3. The molecule has 1 N–H and O–H groups in total. The minimum absolute atomic E-state index is 0.0249. The van der Waals surface area contributed by atoms with Crippen molar-refractivity contribution in [3.05, 3.63) is 94.5 Å². The summed E-state index contributed by atoms with van der Waals surface area (Å²) in [5.41, 5.74) is 2.58. The van der Waals surface area contributed by atoms with E-state index in [0.717, 1.165) is 29.5 Å². The van der Waals surface area contributed by atoms with Gasteiger partial charge < -0.3 is 5.32 Å². The van der Waals surface area contributed by atoms with Gasteiger partial charge in [0.1, 0.15) is 0 Å². The van der Waals surface area contributed by atoms with E-state index in [2.05, 4.69) is 5.32 Å². The van der Waals surface area contributed by atoms with E-state index in [4.69, 9.17) is 0 Å². The lowest BCUT2D eigenvalue weighted by atomic mass is 10.1. The summed E-state index contributed by atoms with van der Waals surface area (Å²) < 4.78 is 64.7. The Balaban J connectivity index is 1.77. The van der Waals surface area contributed by atoms with Crippen LogP contribution in [0.3, 0.4) is 0 Å². The molecule has 0 radical (unpaired) electrons. The SMILES string of the molecule is Cc1ccc(N(Cc2ccc(C(=O)Nc3cccc(C(F)(F)F)c3)cc2)S(C)(=O)=O)cc1C. The van der Waals surface area contributed by atoms with E-state index in [0.29, 0.717) is 11.3 Å². The highest BCUT2D eigenvalue weighted by Gasteiger charge is 2.30. The first-order chi connectivity index (χ1) is 15.3. The van der Waals surface area contributed by atoms with Gasteiger partial charge in [-0.1, -0.05) is 24.3 Å². The van der Waals surface area contributed by atoms with Crippen LogP contribution in [-0.4, -0.2) is 20.6 Å². The third kappa shape index (κ3) is 6.13. The van der Waals surface area contributed by atoms with Gasteiger partial charge in [0.05, 0.1) is 24.1 Å². The number of amides is 1. The molecule has 3 aromatic rings. The number of benzene rings is 3. The molecule has 0 bridgehead atoms. The van der Waals surface area contributed by atoms with E-state index < -0.39 is 27.7 Å². The van der Waals surface area contributed by atoms with Gasteiger partial charge in [0.15, 0.2) is 0 Å². The summed E-state index contributed by atoms with van der Waals surface area (Å²) >= 11 is 0. The first-order valence-electron chi connectivity index (χ1n) is 9.97. The highest BCUT2D eigenvalue weighted by atomic mass is 32.2. The molecule has 5 nitrogen and oxygen atoms in total. The quantitative estimate of drug-likeness (QED) is 0.508. The molecule has 9 heteroatoms. The highest BCUT2D eigenvalue weighted by molar-refractivity contribution is 7.92. The maximum Gasteiger partial charge on any atom is 0.416 e. The van der Waals surface area contributed by atoms with E-state index in [1.54, 1.807) is 24.3 Å². The molecule has 0 aliphatic heterocycles. The summed E-state index contributed by atoms with van der Waals surface area (Å²) in [6, 6.07) is 16.0. The first-order valence-corrected chi connectivity index (χ1v) is 11.8. The van der Waals surface area contributed by atoms with Crippen molar-refractivity contribution >= 4 is 27.3 Å². The lowest BCUT2D eigenvalue weighted by Crippen LogP contribution is -2.29. The Morgan fingerprint density at radius 1 is 0.939 bits per heavy atom. The average Bonchev–Trinajstić information content (AvgIpc) is 2.73. The number of sulfonamides is 1. The van der Waals surface area contributed by atoms with Crippen LogP contribution >= 0.6 is 0 Å². The summed E-state index contributed by atoms with van der Waals surface area (Å²) in [7, 11) is -3.57. The van der Waals surface area contributed by atoms with Crippen molar-refractivity contribution in [2.75, 3.05) is 15.9 Å². The normalized spacial score (nSPS) is 11.8. The molecular weight excluding hydrogens is 453 g/mol. The maximum atomic E-state index is 12.9. The topological polar surface area (TPSA) is 66.5 Å². The van der Waals surface area contributed by atoms with Crippen LogP contribution < -0.4 is 9.62 Å². The van der Waals surface area contributed by atoms with E-state index in [9.17, 15) is 26.4 Å². The standard InChI is InChI=1S/C24H23F3N2O3S/c1-16-7-12-22(13-17(16)2)29(33(3,31)32)15-18-8-10-19(11-9-18)23(30)28-21-6-4-5-20(14-21)24(25,26)27/h4-14H,15H2,1-3H3,(H,28,30). The second kappa shape index (κ2) is 9.27. The minimum atomic E-state index is -4.51. The van der Waals surface area contributed by atoms with Gasteiger partial charge in [-0.15, -0.1) is 0 Å². The molecule has 0 aliphatic carbocycles. The predicted octanol–water partition coefficient (Wildman–Crippen LogP) is 5.54. The lowest BCUT2D eigenvalue weighted by Gasteiger charge is -2.23. The summed E-state index contributed by atoms with van der Waals surface area (Å²) in [6.07, 6.45) is -3.39. The highest BCUT2D eigenvalue weighted by Crippen LogP contribution is 2.31. The number of hydrogen-bond acceptors (Lipinski definition) is 3. The number of nitrogens with zero attached hydrogens (tertiary/aromatic N) is 1. The molecule has 0 saturated carbocycles. The van der Waals surface area contributed by atoms with Gasteiger partial charge in [0, 0.05) is 11.3 Å². The lowest BCUT2D eigenvalue weighted by molar-refractivity contribution is -0.137. The summed E-state index contributed by atoms with van der Waals surface area (Å²) in [6.45, 7) is 3.90. The fraction of sp³-hybridized carbons (Fsp3) is 0.208. The number of hydrogen-bond donors (Lipinski definition) is 1. The monoisotopic (exact) mass is 476 g/mol. The summed E-state index contributed by atoms with van der Waals surface area (Å²) in [4.78, 5) is 12.5. The number of nitrogens with one attached hydrogen (secondary N) is 1. The molecular formula is C24H23F3N2O3S. The molecule has 3 rings (SSSR count). The van der Waals surface area contributed by atoms with Gasteiger partial charge in [-0.3, -0.25) is 9.10 Å². The zero-order valence-electron chi connectivity index (χ0n) is 18.3. The summed E-state index contributed by atoms with van der Waals surface area (Å²) in [5, 5.41) is 2.45. The molecule has 0 fully saturated rings. The molecule has 0 spiro atoms. The van der Waals surface area contributed by atoms with Gasteiger partial charge in [-0.25, -0.2) is 8.42 Å². The fourth-order valence-electron chi connectivity index (χ4n) is 3.18. The van der Waals surface area contributed by atoms with Crippen LogP contribution in [0.5, 0.6) is 0 Å². The van der Waals surface area contributed by atoms with Crippen LogP contribution in [0.1, 0.15) is 32.6 Å². The molecule has 0 atom stereocenters. The Kier molecular flexibility index (Phi) is 6.83. The van der Waals surface area contributed by atoms with Crippen LogP contribution in [0.15, 0.2) is 66.7 Å². The van der Waals surface area contributed by atoms with E-state index in [-0.39, 0.29) is 17.8 Å². The van der Waals surface area contributed by atoms with Crippen LogP contribution in [0.4, 0.5) is 24.5 Å². The Hall–Kier alpha value is -3.33. The fourth-order valence-corrected chi connectivity index (χ4v) is 4.06. The first kappa shape index (κ1) is 24.3. The average molecular weight is 477 g/mol. The maximum absolute atomic E-state index is 12.9. The van der Waals surface area contributed by atoms with Crippen molar-refractivity contribution < 1.29 is 26.4 Å². The largest absolute Gasteiger partial charge is 0.416 e. The molecule has 33 heavy (non-hydrogen) atoms. The smallest absolute Gasteiger partial charge is 0.322 e. The van der Waals surface area contributed by atoms with E-state index in [1.807, 2.05) is 19.9 Å². The molecule has 0 unspecified atom stereocenters. The number of carbonyl (C=O) groups excluding carboxylic acids is 1. The van der Waals surface area contributed by atoms with Crippen LogP contribution in [0.2, 0.25) is 0 Å². The minimum Gasteiger partial charge on any atom is -0.322 e. The third-order valence-electron chi connectivity index (χ3n) is 5.17. The van der Waals surface area contributed by atoms with Crippen LogP contribution in [-0.2, 0) is 22.7 Å². The van der Waals surface area contributed by atoms with Gasteiger partial charge in [0.2, 0.25) is 10.0 Å². The van der Waals surface area contributed by atoms with Crippen molar-refractivity contribution in [2.24, 2.45) is 0 Å². The third-order valence-corrected chi connectivity index (χ3v) is 6.31. The van der Waals surface area contributed by atoms with Crippen LogP contribution in [0.25, 0.3) is 0 Å². The van der Waals surface area contributed by atoms with Crippen LogP contribution in [0, 0.1) is 13.8 Å². The number of aryl methyl sites for hydroxylation is 2. The molecule has 0 aromatic heterocycles. The molecule has 0 saturated heterocycles. The zero-order valence-corrected chi connectivity index (χ0v) is 19.1. The molecule has 0 heterocycles. The van der Waals surface area contributed by atoms with E-state index in [1.165, 1.54) is 28.6 Å². The second-order valence-electron chi connectivity index (χ2n) is 7.77. The van der Waals surface area contributed by atoms with Gasteiger partial charge >= 0.3 is 6.18 Å². The number of rotatable bonds is 6. The number of anilines is 2. The van der Waals surface area contributed by atoms with Gasteiger partial charge in [-0.2, -0.15) is 13.2 Å². The van der Waals surface area contributed by atoms with Gasteiger partial charge in [-0.05, 0) is 73.0 Å². The van der Waals surface area contributed by atoms with Crippen molar-refractivity contribution in [3.8, 4) is 0 Å². The second-order valence-corrected chi connectivity index (χ2v) is 9.67. The molecule has 3 aromatic carbocycles. The predicted molar refractivity (Wildman–Crippen MR) is 123 cm³/mol. The Bertz CT molecular complexity index is 1270. The molecule has 1 amide bonds. The Morgan fingerprint density at radius 2 is 1.61 bits per heavy atom. The molecule has 174 valence electrons. The Labute approximate surface area is 190 Å². The van der Waals surface area contributed by atoms with Crippen molar-refractivity contribution in [1.29, 1.82) is 0 Å². The van der Waals surface area contributed by atoms with Gasteiger partial charge in [0.25, 0.3) is 5.91 Å². The van der Waals surface area contributed by atoms with E-state index >= 15 is 0 Å². The number of carbonyl (C=O) groups is 1. The van der Waals surface area contributed by atoms with Crippen molar-refractivity contribution in [1.82, 2.24) is 0 Å². The molecule has 0 aliphatic rings. The summed E-state index contributed by atoms with van der Waals surface area (Å²) in [5.74, 6) is -0.574. The van der Waals surface area contributed by atoms with Crippen molar-refractivity contribution in [3.63, 3.8) is 0 Å². The number of alkyl halides is 3.